The molecular weight excluding hydrogens is 182 g/mol. The van der Waals surface area contributed by atoms with Crippen LogP contribution in [0, 0.1) is 13.8 Å². The van der Waals surface area contributed by atoms with Crippen LogP contribution in [0.2, 0.25) is 0 Å². The van der Waals surface area contributed by atoms with Gasteiger partial charge in [-0.1, -0.05) is 19.1 Å². The Hall–Kier alpha value is -0.820. The summed E-state index contributed by atoms with van der Waals surface area (Å²) in [6.45, 7) is 8.88. The molecule has 1 aromatic rings. The molecule has 0 saturated carbocycles. The lowest BCUT2D eigenvalue weighted by Gasteiger charge is -2.14. The number of hydrogen-bond donors (Lipinski definition) is 1. The first-order chi connectivity index (χ1) is 7.08. The molecule has 15 heavy (non-hydrogen) atoms. The molecule has 0 aliphatic carbocycles. The van der Waals surface area contributed by atoms with Crippen LogP contribution in [0.25, 0.3) is 0 Å². The molecule has 1 heteroatoms. The Balaban J connectivity index is 2.95. The summed E-state index contributed by atoms with van der Waals surface area (Å²) in [6, 6.07) is 5.23. The highest BCUT2D eigenvalue weighted by molar-refractivity contribution is 5.38. The molecule has 0 aromatic heterocycles. The minimum Gasteiger partial charge on any atom is -0.317 e. The van der Waals surface area contributed by atoms with Crippen molar-refractivity contribution in [3.05, 3.63) is 34.4 Å². The number of benzene rings is 1. The molecule has 0 aliphatic rings. The number of nitrogens with one attached hydrogen (secondary N) is 1. The average molecular weight is 205 g/mol. The average Bonchev–Trinajstić information content (AvgIpc) is 2.22. The summed E-state index contributed by atoms with van der Waals surface area (Å²) in [4.78, 5) is 0. The van der Waals surface area contributed by atoms with Gasteiger partial charge in [0.25, 0.3) is 0 Å². The molecule has 1 N–H and O–H groups in total. The Morgan fingerprint density at radius 3 is 2.47 bits per heavy atom. The summed E-state index contributed by atoms with van der Waals surface area (Å²) in [7, 11) is 2.02. The van der Waals surface area contributed by atoms with Gasteiger partial charge in [-0.15, -0.1) is 0 Å². The molecule has 1 nitrogen and oxygen atoms in total. The van der Waals surface area contributed by atoms with Gasteiger partial charge in [0.15, 0.2) is 0 Å². The maximum atomic E-state index is 3.28. The van der Waals surface area contributed by atoms with Gasteiger partial charge < -0.3 is 5.32 Å². The van der Waals surface area contributed by atoms with E-state index in [4.69, 9.17) is 0 Å². The Labute approximate surface area is 93.9 Å². The van der Waals surface area contributed by atoms with E-state index < -0.39 is 0 Å². The maximum absolute atomic E-state index is 3.28. The van der Waals surface area contributed by atoms with Gasteiger partial charge >= 0.3 is 0 Å². The van der Waals surface area contributed by atoms with Crippen molar-refractivity contribution in [3.8, 4) is 0 Å². The normalized spacial score (nSPS) is 12.9. The van der Waals surface area contributed by atoms with Crippen molar-refractivity contribution in [1.82, 2.24) is 5.32 Å². The van der Waals surface area contributed by atoms with Crippen LogP contribution in [0.4, 0.5) is 0 Å². The highest BCUT2D eigenvalue weighted by Crippen LogP contribution is 2.18. The van der Waals surface area contributed by atoms with Crippen LogP contribution in [0.1, 0.15) is 36.1 Å². The lowest BCUT2D eigenvalue weighted by Crippen LogP contribution is -2.23. The van der Waals surface area contributed by atoms with Crippen molar-refractivity contribution < 1.29 is 0 Å². The second-order valence-corrected chi connectivity index (χ2v) is 4.44. The van der Waals surface area contributed by atoms with Crippen molar-refractivity contribution in [2.75, 3.05) is 7.05 Å². The lowest BCUT2D eigenvalue weighted by molar-refractivity contribution is 0.608. The van der Waals surface area contributed by atoms with Gasteiger partial charge in [0.2, 0.25) is 0 Å². The van der Waals surface area contributed by atoms with Crippen LogP contribution < -0.4 is 5.32 Å². The monoisotopic (exact) mass is 205 g/mol. The van der Waals surface area contributed by atoms with E-state index in [1.54, 1.807) is 0 Å². The highest BCUT2D eigenvalue weighted by atomic mass is 14.8. The molecule has 0 aliphatic heterocycles. The van der Waals surface area contributed by atoms with E-state index in [9.17, 15) is 0 Å². The van der Waals surface area contributed by atoms with E-state index in [1.807, 2.05) is 7.05 Å². The molecule has 1 aromatic carbocycles. The summed E-state index contributed by atoms with van der Waals surface area (Å²) >= 11 is 0. The molecule has 1 unspecified atom stereocenters. The van der Waals surface area contributed by atoms with Crippen LogP contribution in [0.3, 0.4) is 0 Å². The molecule has 0 saturated heterocycles. The molecule has 84 valence electrons. The fraction of sp³-hybridized carbons (Fsp3) is 0.571. The Morgan fingerprint density at radius 1 is 1.27 bits per heavy atom. The molecule has 1 atom stereocenters. The van der Waals surface area contributed by atoms with Crippen LogP contribution in [0.15, 0.2) is 12.1 Å². The zero-order valence-electron chi connectivity index (χ0n) is 10.6. The van der Waals surface area contributed by atoms with Crippen molar-refractivity contribution in [1.29, 1.82) is 0 Å². The van der Waals surface area contributed by atoms with Crippen LogP contribution in [0.5, 0.6) is 0 Å². The predicted molar refractivity (Wildman–Crippen MR) is 67.5 cm³/mol. The first-order valence-electron chi connectivity index (χ1n) is 5.84. The second kappa shape index (κ2) is 5.32. The summed E-state index contributed by atoms with van der Waals surface area (Å²) < 4.78 is 0. The van der Waals surface area contributed by atoms with Crippen LogP contribution in [-0.4, -0.2) is 13.1 Å². The molecule has 0 spiro atoms. The lowest BCUT2D eigenvalue weighted by atomic mass is 9.95. The van der Waals surface area contributed by atoms with Gasteiger partial charge in [-0.2, -0.15) is 0 Å². The van der Waals surface area contributed by atoms with E-state index in [0.717, 1.165) is 12.8 Å². The smallest absolute Gasteiger partial charge is 0.00761 e. The van der Waals surface area contributed by atoms with Crippen molar-refractivity contribution in [2.45, 2.75) is 46.6 Å². The van der Waals surface area contributed by atoms with Gasteiger partial charge in [-0.05, 0) is 62.9 Å². The minimum atomic E-state index is 0.553. The Kier molecular flexibility index (Phi) is 4.34. The van der Waals surface area contributed by atoms with Gasteiger partial charge in [-0.3, -0.25) is 0 Å². The molecule has 0 bridgehead atoms. The molecule has 0 radical (unpaired) electrons. The molecule has 0 amide bonds. The number of aryl methyl sites for hydroxylation is 2. The number of hydrogen-bond acceptors (Lipinski definition) is 1. The molecule has 0 fully saturated rings. The zero-order chi connectivity index (χ0) is 11.4. The van der Waals surface area contributed by atoms with E-state index >= 15 is 0 Å². The topological polar surface area (TPSA) is 12.0 Å². The molecule has 1 rings (SSSR count). The largest absolute Gasteiger partial charge is 0.317 e. The standard InChI is InChI=1S/C14H23N/c1-6-14-9-13(8-11(3)15-5)7-10(2)12(14)4/h7,9,11,15H,6,8H2,1-5H3. The number of likely N-dealkylation sites (N-methyl/N-ethyl adjacent to an activating group) is 1. The van der Waals surface area contributed by atoms with E-state index in [2.05, 4.69) is 45.1 Å². The second-order valence-electron chi connectivity index (χ2n) is 4.44. The van der Waals surface area contributed by atoms with Gasteiger partial charge in [0.05, 0.1) is 0 Å². The van der Waals surface area contributed by atoms with Crippen molar-refractivity contribution in [3.63, 3.8) is 0 Å². The minimum absolute atomic E-state index is 0.553. The molecular formula is C14H23N. The van der Waals surface area contributed by atoms with Crippen LogP contribution >= 0.6 is 0 Å². The SMILES string of the molecule is CCc1cc(CC(C)NC)cc(C)c1C. The van der Waals surface area contributed by atoms with Crippen molar-refractivity contribution >= 4 is 0 Å². The predicted octanol–water partition coefficient (Wildman–Crippen LogP) is 3.02. The summed E-state index contributed by atoms with van der Waals surface area (Å²) in [5, 5.41) is 3.28. The van der Waals surface area contributed by atoms with Gasteiger partial charge in [0.1, 0.15) is 0 Å². The van der Waals surface area contributed by atoms with Crippen LogP contribution in [-0.2, 0) is 12.8 Å². The molecule has 0 heterocycles. The Bertz CT molecular complexity index is 328. The van der Waals surface area contributed by atoms with Crippen molar-refractivity contribution in [2.24, 2.45) is 0 Å². The summed E-state index contributed by atoms with van der Waals surface area (Å²) in [5.74, 6) is 0. The van der Waals surface area contributed by atoms with E-state index in [1.165, 1.54) is 22.3 Å². The third-order valence-electron chi connectivity index (χ3n) is 3.25. The first kappa shape index (κ1) is 12.3. The zero-order valence-corrected chi connectivity index (χ0v) is 10.6. The maximum Gasteiger partial charge on any atom is 0.00761 e. The Morgan fingerprint density at radius 2 is 1.93 bits per heavy atom. The first-order valence-corrected chi connectivity index (χ1v) is 5.84. The summed E-state index contributed by atoms with van der Waals surface area (Å²) in [6.07, 6.45) is 2.25. The summed E-state index contributed by atoms with van der Waals surface area (Å²) in [5.41, 5.74) is 5.83. The van der Waals surface area contributed by atoms with Gasteiger partial charge in [-0.25, -0.2) is 0 Å². The fourth-order valence-electron chi connectivity index (χ4n) is 1.95. The van der Waals surface area contributed by atoms with E-state index in [0.29, 0.717) is 6.04 Å². The number of rotatable bonds is 4. The highest BCUT2D eigenvalue weighted by Gasteiger charge is 2.05. The third kappa shape index (κ3) is 3.07. The quantitative estimate of drug-likeness (QED) is 0.796. The van der Waals surface area contributed by atoms with Gasteiger partial charge in [0, 0.05) is 6.04 Å². The third-order valence-corrected chi connectivity index (χ3v) is 3.25. The fourth-order valence-corrected chi connectivity index (χ4v) is 1.95. The van der Waals surface area contributed by atoms with E-state index in [-0.39, 0.29) is 0 Å².